The summed E-state index contributed by atoms with van der Waals surface area (Å²) in [5.41, 5.74) is 5.07. The second-order valence-corrected chi connectivity index (χ2v) is 7.46. The molecule has 0 fully saturated rings. The summed E-state index contributed by atoms with van der Waals surface area (Å²) in [5.74, 6) is 0.0224. The predicted octanol–water partition coefficient (Wildman–Crippen LogP) is 4.81. The van der Waals surface area contributed by atoms with Gasteiger partial charge in [-0.05, 0) is 58.7 Å². The Labute approximate surface area is 141 Å². The molecular formula is C19H23NO2S. The Balaban J connectivity index is 2.28. The number of nitrogens with one attached hydrogen (secondary N) is 1. The molecule has 1 aromatic heterocycles. The van der Waals surface area contributed by atoms with Gasteiger partial charge in [-0.2, -0.15) is 0 Å². The second-order valence-electron chi connectivity index (χ2n) is 6.07. The van der Waals surface area contributed by atoms with Crippen LogP contribution in [0.25, 0.3) is 0 Å². The van der Waals surface area contributed by atoms with E-state index in [1.165, 1.54) is 18.1 Å². The van der Waals surface area contributed by atoms with Crippen LogP contribution < -0.4 is 0 Å². The van der Waals surface area contributed by atoms with Crippen molar-refractivity contribution in [2.45, 2.75) is 51.7 Å². The number of ketones is 2. The van der Waals surface area contributed by atoms with Gasteiger partial charge >= 0.3 is 0 Å². The smallest absolute Gasteiger partial charge is 0.192 e. The summed E-state index contributed by atoms with van der Waals surface area (Å²) >= 11 is 1.57. The van der Waals surface area contributed by atoms with E-state index < -0.39 is 0 Å². The molecule has 1 N–H and O–H groups in total. The Kier molecular flexibility index (Phi) is 5.15. The number of rotatable bonds is 5. The fourth-order valence-corrected chi connectivity index (χ4v) is 3.92. The van der Waals surface area contributed by atoms with Gasteiger partial charge in [0.2, 0.25) is 0 Å². The van der Waals surface area contributed by atoms with Crippen molar-refractivity contribution >= 4 is 23.3 Å². The lowest BCUT2D eigenvalue weighted by molar-refractivity contribution is 0.0988. The van der Waals surface area contributed by atoms with Gasteiger partial charge in [-0.3, -0.25) is 9.59 Å². The Morgan fingerprint density at radius 3 is 2.35 bits per heavy atom. The lowest BCUT2D eigenvalue weighted by atomic mass is 10.0. The van der Waals surface area contributed by atoms with Crippen LogP contribution in [0.3, 0.4) is 0 Å². The standard InChI is InChI=1S/C19H23NO2S/c1-10-7-8-11(2)16(9-10)23-15(6)19(22)18-12(3)17(14(5)21)13(4)20-18/h7-9,15,20H,1-6H3. The fraction of sp³-hybridized carbons (Fsp3) is 0.368. The Bertz CT molecular complexity index is 774. The van der Waals surface area contributed by atoms with Gasteiger partial charge in [0.05, 0.1) is 10.9 Å². The Morgan fingerprint density at radius 2 is 1.78 bits per heavy atom. The van der Waals surface area contributed by atoms with Crippen molar-refractivity contribution in [1.29, 1.82) is 0 Å². The summed E-state index contributed by atoms with van der Waals surface area (Å²) < 4.78 is 0. The van der Waals surface area contributed by atoms with Crippen LogP contribution in [0.5, 0.6) is 0 Å². The molecule has 1 aromatic carbocycles. The van der Waals surface area contributed by atoms with Crippen molar-refractivity contribution < 1.29 is 9.59 Å². The summed E-state index contributed by atoms with van der Waals surface area (Å²) in [6, 6.07) is 6.26. The number of H-pyrrole nitrogens is 1. The Morgan fingerprint density at radius 1 is 1.13 bits per heavy atom. The van der Waals surface area contributed by atoms with Crippen molar-refractivity contribution in [1.82, 2.24) is 4.98 Å². The number of thioether (sulfide) groups is 1. The van der Waals surface area contributed by atoms with E-state index in [-0.39, 0.29) is 16.8 Å². The first-order chi connectivity index (χ1) is 10.7. The molecule has 3 nitrogen and oxygen atoms in total. The number of hydrogen-bond acceptors (Lipinski definition) is 3. The van der Waals surface area contributed by atoms with Crippen molar-refractivity contribution in [3.8, 4) is 0 Å². The van der Waals surface area contributed by atoms with Crippen LogP contribution in [0.2, 0.25) is 0 Å². The maximum atomic E-state index is 12.8. The zero-order chi connectivity index (χ0) is 17.3. The van der Waals surface area contributed by atoms with Crippen molar-refractivity contribution in [2.75, 3.05) is 0 Å². The van der Waals surface area contributed by atoms with E-state index in [2.05, 4.69) is 30.1 Å². The highest BCUT2D eigenvalue weighted by Crippen LogP contribution is 2.30. The van der Waals surface area contributed by atoms with Crippen LogP contribution in [-0.2, 0) is 0 Å². The van der Waals surface area contributed by atoms with Crippen LogP contribution >= 0.6 is 11.8 Å². The molecule has 0 amide bonds. The van der Waals surface area contributed by atoms with E-state index in [9.17, 15) is 9.59 Å². The van der Waals surface area contributed by atoms with Gasteiger partial charge in [-0.25, -0.2) is 0 Å². The number of Topliss-reactive ketones (excluding diaryl/α,β-unsaturated/α-hetero) is 2. The van der Waals surface area contributed by atoms with E-state index in [0.717, 1.165) is 16.2 Å². The largest absolute Gasteiger partial charge is 0.355 e. The average molecular weight is 329 g/mol. The van der Waals surface area contributed by atoms with E-state index in [4.69, 9.17) is 0 Å². The molecule has 2 rings (SSSR count). The highest BCUT2D eigenvalue weighted by molar-refractivity contribution is 8.00. The molecule has 23 heavy (non-hydrogen) atoms. The number of benzene rings is 1. The third kappa shape index (κ3) is 3.58. The summed E-state index contributed by atoms with van der Waals surface area (Å²) in [5, 5.41) is -0.216. The van der Waals surface area contributed by atoms with Gasteiger partial charge in [0, 0.05) is 16.2 Å². The molecule has 0 aliphatic carbocycles. The molecule has 0 radical (unpaired) electrons. The number of aryl methyl sites for hydroxylation is 3. The molecule has 0 saturated heterocycles. The maximum absolute atomic E-state index is 12.8. The number of aromatic amines is 1. The number of carbonyl (C=O) groups excluding carboxylic acids is 2. The lowest BCUT2D eigenvalue weighted by Crippen LogP contribution is -2.15. The maximum Gasteiger partial charge on any atom is 0.192 e. The summed E-state index contributed by atoms with van der Waals surface area (Å²) in [7, 11) is 0. The topological polar surface area (TPSA) is 49.9 Å². The van der Waals surface area contributed by atoms with Crippen molar-refractivity contribution in [3.63, 3.8) is 0 Å². The molecule has 0 aliphatic heterocycles. The van der Waals surface area contributed by atoms with Gasteiger partial charge in [0.15, 0.2) is 11.6 Å². The molecule has 1 unspecified atom stereocenters. The van der Waals surface area contributed by atoms with E-state index >= 15 is 0 Å². The molecule has 2 aromatic rings. The molecule has 0 bridgehead atoms. The SMILES string of the molecule is CC(=O)c1c(C)[nH]c(C(=O)C(C)Sc2cc(C)ccc2C)c1C. The first-order valence-corrected chi connectivity index (χ1v) is 8.58. The molecule has 1 atom stereocenters. The number of aromatic nitrogens is 1. The molecule has 4 heteroatoms. The minimum Gasteiger partial charge on any atom is -0.355 e. The van der Waals surface area contributed by atoms with Gasteiger partial charge in [-0.1, -0.05) is 17.7 Å². The van der Waals surface area contributed by atoms with E-state index in [0.29, 0.717) is 11.3 Å². The highest BCUT2D eigenvalue weighted by atomic mass is 32.2. The minimum atomic E-state index is -0.216. The molecule has 122 valence electrons. The van der Waals surface area contributed by atoms with E-state index in [1.54, 1.807) is 11.8 Å². The zero-order valence-corrected chi connectivity index (χ0v) is 15.4. The third-order valence-corrected chi connectivity index (χ3v) is 5.31. The summed E-state index contributed by atoms with van der Waals surface area (Å²) in [6.07, 6.45) is 0. The van der Waals surface area contributed by atoms with Crippen LogP contribution in [0.15, 0.2) is 23.1 Å². The average Bonchev–Trinajstić information content (AvgIpc) is 2.77. The van der Waals surface area contributed by atoms with Crippen molar-refractivity contribution in [3.05, 3.63) is 51.8 Å². The summed E-state index contributed by atoms with van der Waals surface area (Å²) in [4.78, 5) is 28.7. The monoisotopic (exact) mass is 329 g/mol. The number of hydrogen-bond donors (Lipinski definition) is 1. The van der Waals surface area contributed by atoms with Crippen LogP contribution in [0, 0.1) is 27.7 Å². The first kappa shape index (κ1) is 17.5. The molecule has 0 aliphatic rings. The minimum absolute atomic E-state index is 0.00913. The second kappa shape index (κ2) is 6.75. The fourth-order valence-electron chi connectivity index (χ4n) is 2.81. The first-order valence-electron chi connectivity index (χ1n) is 7.70. The number of carbonyl (C=O) groups is 2. The predicted molar refractivity (Wildman–Crippen MR) is 95.8 cm³/mol. The van der Waals surface area contributed by atoms with Gasteiger partial charge in [0.25, 0.3) is 0 Å². The summed E-state index contributed by atoms with van der Waals surface area (Å²) in [6.45, 7) is 11.2. The van der Waals surface area contributed by atoms with Crippen LogP contribution in [0.1, 0.15) is 57.1 Å². The highest BCUT2D eigenvalue weighted by Gasteiger charge is 2.24. The van der Waals surface area contributed by atoms with E-state index in [1.807, 2.05) is 27.7 Å². The molecule has 0 spiro atoms. The quantitative estimate of drug-likeness (QED) is 0.632. The van der Waals surface area contributed by atoms with Gasteiger partial charge in [-0.15, -0.1) is 11.8 Å². The zero-order valence-electron chi connectivity index (χ0n) is 14.5. The van der Waals surface area contributed by atoms with Gasteiger partial charge in [0.1, 0.15) is 0 Å². The van der Waals surface area contributed by atoms with Crippen molar-refractivity contribution in [2.24, 2.45) is 0 Å². The normalized spacial score (nSPS) is 12.3. The van der Waals surface area contributed by atoms with Crippen LogP contribution in [-0.4, -0.2) is 21.8 Å². The van der Waals surface area contributed by atoms with Gasteiger partial charge < -0.3 is 4.98 Å². The molecule has 0 saturated carbocycles. The third-order valence-electron chi connectivity index (χ3n) is 4.05. The van der Waals surface area contributed by atoms with Crippen LogP contribution in [0.4, 0.5) is 0 Å². The molecular weight excluding hydrogens is 306 g/mol. The Hall–Kier alpha value is -1.81. The molecule has 1 heterocycles. The lowest BCUT2D eigenvalue weighted by Gasteiger charge is -2.13.